The van der Waals surface area contributed by atoms with Gasteiger partial charge >= 0.3 is 6.09 Å². The van der Waals surface area contributed by atoms with Crippen LogP contribution in [0.3, 0.4) is 0 Å². The maximum Gasteiger partial charge on any atom is 0.410 e. The van der Waals surface area contributed by atoms with Crippen LogP contribution in [-0.2, 0) is 9.47 Å². The van der Waals surface area contributed by atoms with Gasteiger partial charge < -0.3 is 24.6 Å². The first kappa shape index (κ1) is 27.8. The number of anilines is 2. The number of rotatable bonds is 4. The van der Waals surface area contributed by atoms with Gasteiger partial charge in [0.25, 0.3) is 0 Å². The second-order valence-electron chi connectivity index (χ2n) is 12.1. The topological polar surface area (TPSA) is 84.2 Å². The molecule has 9 nitrogen and oxygen atoms in total. The van der Waals surface area contributed by atoms with Crippen molar-refractivity contribution in [1.82, 2.24) is 19.5 Å². The van der Waals surface area contributed by atoms with Crippen molar-refractivity contribution < 1.29 is 14.3 Å². The van der Waals surface area contributed by atoms with Crippen LogP contribution in [0.25, 0.3) is 34.0 Å². The first-order chi connectivity index (χ1) is 20.1. The zero-order valence-corrected chi connectivity index (χ0v) is 25.0. The fourth-order valence-corrected chi connectivity index (χ4v) is 5.98. The van der Waals surface area contributed by atoms with Gasteiger partial charge in [-0.1, -0.05) is 30.3 Å². The standard InChI is InChI=1S/C33H38N6O3/c1-21-18-37(32(40)42-33(3,4)5)19-22(2)39(21)25-12-10-23(11-13-25)24-16-34-31-28(17-35-38(31)20-24)26-8-7-9-29-27(26)14-15-30(36-29)41-6/h7-17,20-22,30,36H,18-19H2,1-6H3. The Morgan fingerprint density at radius 1 is 0.976 bits per heavy atom. The number of carbonyl (C=O) groups is 1. The Morgan fingerprint density at radius 2 is 1.71 bits per heavy atom. The van der Waals surface area contributed by atoms with E-state index in [1.807, 2.05) is 60.9 Å². The number of piperazine rings is 1. The maximum absolute atomic E-state index is 12.7. The third-order valence-electron chi connectivity index (χ3n) is 7.81. The molecule has 4 heterocycles. The number of aromatic nitrogens is 3. The van der Waals surface area contributed by atoms with Gasteiger partial charge in [-0.2, -0.15) is 5.10 Å². The normalized spacial score (nSPS) is 20.4. The molecule has 9 heteroatoms. The van der Waals surface area contributed by atoms with E-state index in [1.165, 1.54) is 0 Å². The zero-order chi connectivity index (χ0) is 29.6. The zero-order valence-electron chi connectivity index (χ0n) is 25.0. The van der Waals surface area contributed by atoms with Crippen molar-refractivity contribution in [2.45, 2.75) is 58.5 Å². The first-order valence-electron chi connectivity index (χ1n) is 14.4. The highest BCUT2D eigenvalue weighted by Gasteiger charge is 2.34. The quantitative estimate of drug-likeness (QED) is 0.310. The van der Waals surface area contributed by atoms with Gasteiger partial charge in [0.1, 0.15) is 11.8 Å². The van der Waals surface area contributed by atoms with Crippen LogP contribution in [0.4, 0.5) is 16.2 Å². The van der Waals surface area contributed by atoms with Crippen molar-refractivity contribution in [1.29, 1.82) is 0 Å². The largest absolute Gasteiger partial charge is 0.444 e. The fraction of sp³-hybridized carbons (Fsp3) is 0.364. The number of hydrogen-bond donors (Lipinski definition) is 1. The molecule has 0 aliphatic carbocycles. The molecule has 0 spiro atoms. The van der Waals surface area contributed by atoms with E-state index in [-0.39, 0.29) is 24.4 Å². The van der Waals surface area contributed by atoms with Gasteiger partial charge in [-0.05, 0) is 70.0 Å². The summed E-state index contributed by atoms with van der Waals surface area (Å²) in [6.07, 6.45) is 9.52. The van der Waals surface area contributed by atoms with Crippen molar-refractivity contribution in [3.8, 4) is 22.3 Å². The van der Waals surface area contributed by atoms with Crippen molar-refractivity contribution >= 4 is 29.2 Å². The minimum atomic E-state index is -0.504. The molecule has 3 atom stereocenters. The molecule has 42 heavy (non-hydrogen) atoms. The predicted molar refractivity (Wildman–Crippen MR) is 167 cm³/mol. The van der Waals surface area contributed by atoms with Crippen LogP contribution < -0.4 is 10.2 Å². The molecule has 6 rings (SSSR count). The number of nitrogens with one attached hydrogen (secondary N) is 1. The highest BCUT2D eigenvalue weighted by molar-refractivity contribution is 5.89. The summed E-state index contributed by atoms with van der Waals surface area (Å²) < 4.78 is 12.9. The number of amides is 1. The summed E-state index contributed by atoms with van der Waals surface area (Å²) in [7, 11) is 1.69. The minimum absolute atomic E-state index is 0.142. The molecule has 0 bridgehead atoms. The van der Waals surface area contributed by atoms with Crippen LogP contribution in [0, 0.1) is 0 Å². The molecule has 1 N–H and O–H groups in total. The van der Waals surface area contributed by atoms with E-state index in [9.17, 15) is 4.79 Å². The molecular weight excluding hydrogens is 528 g/mol. The van der Waals surface area contributed by atoms with Gasteiger partial charge in [0.2, 0.25) is 0 Å². The van der Waals surface area contributed by atoms with Crippen LogP contribution in [-0.4, -0.2) is 69.7 Å². The predicted octanol–water partition coefficient (Wildman–Crippen LogP) is 6.31. The Morgan fingerprint density at radius 3 is 2.40 bits per heavy atom. The average Bonchev–Trinajstić information content (AvgIpc) is 3.39. The van der Waals surface area contributed by atoms with Crippen LogP contribution in [0.1, 0.15) is 40.2 Å². The Bertz CT molecular complexity index is 1630. The van der Waals surface area contributed by atoms with Gasteiger partial charge in [-0.25, -0.2) is 14.3 Å². The Labute approximate surface area is 246 Å². The number of benzene rings is 2. The molecule has 3 unspecified atom stereocenters. The van der Waals surface area contributed by atoms with E-state index in [1.54, 1.807) is 7.11 Å². The summed E-state index contributed by atoms with van der Waals surface area (Å²) in [4.78, 5) is 21.7. The lowest BCUT2D eigenvalue weighted by Gasteiger charge is -2.45. The van der Waals surface area contributed by atoms with Gasteiger partial charge in [0.15, 0.2) is 5.65 Å². The van der Waals surface area contributed by atoms with E-state index >= 15 is 0 Å². The highest BCUT2D eigenvalue weighted by atomic mass is 16.6. The molecular formula is C33H38N6O3. The highest BCUT2D eigenvalue weighted by Crippen LogP contribution is 2.35. The Balaban J connectivity index is 1.21. The minimum Gasteiger partial charge on any atom is -0.444 e. The summed E-state index contributed by atoms with van der Waals surface area (Å²) in [5, 5.41) is 8.04. The molecule has 4 aromatic rings. The van der Waals surface area contributed by atoms with Crippen molar-refractivity contribution in [2.24, 2.45) is 0 Å². The smallest absolute Gasteiger partial charge is 0.410 e. The Kier molecular flexibility index (Phi) is 7.14. The summed E-state index contributed by atoms with van der Waals surface area (Å²) in [5.74, 6) is 0. The van der Waals surface area contributed by atoms with Crippen LogP contribution in [0.5, 0.6) is 0 Å². The molecule has 2 aliphatic rings. The lowest BCUT2D eigenvalue weighted by molar-refractivity contribution is 0.0193. The van der Waals surface area contributed by atoms with Crippen LogP contribution in [0.2, 0.25) is 0 Å². The van der Waals surface area contributed by atoms with Crippen molar-refractivity contribution in [3.63, 3.8) is 0 Å². The second kappa shape index (κ2) is 10.8. The van der Waals surface area contributed by atoms with Gasteiger partial charge in [0, 0.05) is 72.7 Å². The third-order valence-corrected chi connectivity index (χ3v) is 7.81. The van der Waals surface area contributed by atoms with E-state index in [2.05, 4.69) is 71.6 Å². The van der Waals surface area contributed by atoms with E-state index in [4.69, 9.17) is 14.5 Å². The number of ether oxygens (including phenoxy) is 2. The fourth-order valence-electron chi connectivity index (χ4n) is 5.98. The average molecular weight is 567 g/mol. The summed E-state index contributed by atoms with van der Waals surface area (Å²) in [6, 6.07) is 15.0. The molecule has 2 aliphatic heterocycles. The molecule has 1 saturated heterocycles. The Hall–Kier alpha value is -4.37. The molecule has 2 aromatic heterocycles. The monoisotopic (exact) mass is 566 g/mol. The maximum atomic E-state index is 12.7. The van der Waals surface area contributed by atoms with E-state index in [0.29, 0.717) is 13.1 Å². The van der Waals surface area contributed by atoms with Crippen LogP contribution in [0.15, 0.2) is 67.1 Å². The molecule has 1 amide bonds. The lowest BCUT2D eigenvalue weighted by Crippen LogP contribution is -2.58. The van der Waals surface area contributed by atoms with Crippen molar-refractivity contribution in [2.75, 3.05) is 30.4 Å². The van der Waals surface area contributed by atoms with E-state index in [0.717, 1.165) is 44.8 Å². The molecule has 1 fully saturated rings. The van der Waals surface area contributed by atoms with E-state index < -0.39 is 5.60 Å². The number of fused-ring (bicyclic) bond motifs is 2. The SMILES string of the molecule is COC1C=Cc2c(cccc2-c2cnn3cc(-c4ccc(N5C(C)CN(C(=O)OC(C)(C)C)CC5C)cc4)cnc23)N1. The molecule has 0 saturated carbocycles. The third kappa shape index (κ3) is 5.32. The number of hydrogen-bond acceptors (Lipinski definition) is 7. The lowest BCUT2D eigenvalue weighted by atomic mass is 9.98. The van der Waals surface area contributed by atoms with Gasteiger partial charge in [-0.15, -0.1) is 0 Å². The van der Waals surface area contributed by atoms with Gasteiger partial charge in [-0.3, -0.25) is 0 Å². The number of nitrogens with zero attached hydrogens (tertiary/aromatic N) is 5. The summed E-state index contributed by atoms with van der Waals surface area (Å²) in [6.45, 7) is 11.2. The number of carbonyl (C=O) groups excluding carboxylic acids is 1. The van der Waals surface area contributed by atoms with Crippen LogP contribution >= 0.6 is 0 Å². The van der Waals surface area contributed by atoms with Gasteiger partial charge in [0.05, 0.1) is 6.20 Å². The molecule has 2 aromatic carbocycles. The molecule has 0 radical (unpaired) electrons. The number of methoxy groups -OCH3 is 1. The second-order valence-corrected chi connectivity index (χ2v) is 12.1. The molecule has 218 valence electrons. The summed E-state index contributed by atoms with van der Waals surface area (Å²) >= 11 is 0. The van der Waals surface area contributed by atoms with Crippen molar-refractivity contribution in [3.05, 3.63) is 72.7 Å². The first-order valence-corrected chi connectivity index (χ1v) is 14.4. The summed E-state index contributed by atoms with van der Waals surface area (Å²) in [5.41, 5.74) is 7.64.